The molecule has 0 radical (unpaired) electrons. The van der Waals surface area contributed by atoms with Crippen molar-refractivity contribution in [2.24, 2.45) is 5.92 Å². The standard InChI is InChI=1S/C15H30N2O/c1-15(2)13-16-8-10-17(15)9-4-3-5-14-6-11-18-12-7-14/h14,16H,3-13H2,1-2H3. The fraction of sp³-hybridized carbons (Fsp3) is 1.00. The Morgan fingerprint density at radius 3 is 2.72 bits per heavy atom. The van der Waals surface area contributed by atoms with Gasteiger partial charge >= 0.3 is 0 Å². The van der Waals surface area contributed by atoms with Gasteiger partial charge in [0.1, 0.15) is 0 Å². The molecule has 0 aliphatic carbocycles. The van der Waals surface area contributed by atoms with Gasteiger partial charge in [-0.05, 0) is 45.6 Å². The zero-order valence-electron chi connectivity index (χ0n) is 12.2. The lowest BCUT2D eigenvalue weighted by molar-refractivity contribution is 0.0610. The highest BCUT2D eigenvalue weighted by molar-refractivity contribution is 4.88. The van der Waals surface area contributed by atoms with E-state index in [4.69, 9.17) is 4.74 Å². The van der Waals surface area contributed by atoms with E-state index < -0.39 is 0 Å². The molecule has 2 aliphatic heterocycles. The van der Waals surface area contributed by atoms with E-state index in [1.807, 2.05) is 0 Å². The van der Waals surface area contributed by atoms with Gasteiger partial charge in [-0.25, -0.2) is 0 Å². The Kier molecular flexibility index (Phi) is 5.46. The number of unbranched alkanes of at least 4 members (excludes halogenated alkanes) is 1. The van der Waals surface area contributed by atoms with Crippen LogP contribution in [-0.4, -0.2) is 49.8 Å². The molecule has 1 N–H and O–H groups in total. The topological polar surface area (TPSA) is 24.5 Å². The predicted molar refractivity (Wildman–Crippen MR) is 75.9 cm³/mol. The molecule has 0 atom stereocenters. The van der Waals surface area contributed by atoms with E-state index >= 15 is 0 Å². The highest BCUT2D eigenvalue weighted by Gasteiger charge is 2.28. The zero-order valence-corrected chi connectivity index (χ0v) is 12.2. The second-order valence-corrected chi connectivity index (χ2v) is 6.53. The maximum atomic E-state index is 5.41. The molecule has 0 amide bonds. The fourth-order valence-corrected chi connectivity index (χ4v) is 3.21. The normalized spacial score (nSPS) is 26.3. The Balaban J connectivity index is 1.59. The Morgan fingerprint density at radius 1 is 1.22 bits per heavy atom. The van der Waals surface area contributed by atoms with Crippen LogP contribution >= 0.6 is 0 Å². The highest BCUT2D eigenvalue weighted by atomic mass is 16.5. The zero-order chi connectivity index (χ0) is 12.8. The van der Waals surface area contributed by atoms with E-state index in [1.54, 1.807) is 0 Å². The molecule has 0 bridgehead atoms. The van der Waals surface area contributed by atoms with E-state index in [2.05, 4.69) is 24.1 Å². The molecule has 3 nitrogen and oxygen atoms in total. The molecule has 0 unspecified atom stereocenters. The summed E-state index contributed by atoms with van der Waals surface area (Å²) in [6.45, 7) is 11.5. The van der Waals surface area contributed by atoms with Crippen molar-refractivity contribution in [3.8, 4) is 0 Å². The first-order valence-corrected chi connectivity index (χ1v) is 7.72. The van der Waals surface area contributed by atoms with Crippen molar-refractivity contribution >= 4 is 0 Å². The molecule has 2 heterocycles. The summed E-state index contributed by atoms with van der Waals surface area (Å²) in [6, 6.07) is 0. The SMILES string of the molecule is CC1(C)CNCCN1CCCCC1CCOCC1. The van der Waals surface area contributed by atoms with E-state index in [0.29, 0.717) is 5.54 Å². The maximum Gasteiger partial charge on any atom is 0.0468 e. The molecule has 0 aromatic heterocycles. The number of ether oxygens (including phenoxy) is 1. The van der Waals surface area contributed by atoms with Crippen LogP contribution < -0.4 is 5.32 Å². The largest absolute Gasteiger partial charge is 0.381 e. The van der Waals surface area contributed by atoms with Crippen molar-refractivity contribution in [2.75, 3.05) is 39.4 Å². The molecule has 2 fully saturated rings. The summed E-state index contributed by atoms with van der Waals surface area (Å²) < 4.78 is 5.41. The molecular formula is C15H30N2O. The minimum absolute atomic E-state index is 0.344. The first-order chi connectivity index (χ1) is 8.68. The minimum atomic E-state index is 0.344. The predicted octanol–water partition coefficient (Wildman–Crippen LogP) is 2.27. The average Bonchev–Trinajstić information content (AvgIpc) is 2.37. The number of hydrogen-bond acceptors (Lipinski definition) is 3. The van der Waals surface area contributed by atoms with Crippen LogP contribution in [0, 0.1) is 5.92 Å². The number of nitrogens with zero attached hydrogens (tertiary/aromatic N) is 1. The highest BCUT2D eigenvalue weighted by Crippen LogP contribution is 2.22. The quantitative estimate of drug-likeness (QED) is 0.762. The monoisotopic (exact) mass is 254 g/mol. The van der Waals surface area contributed by atoms with Crippen LogP contribution in [0.15, 0.2) is 0 Å². The Hall–Kier alpha value is -0.120. The van der Waals surface area contributed by atoms with Gasteiger partial charge in [-0.15, -0.1) is 0 Å². The number of piperazine rings is 1. The number of rotatable bonds is 5. The van der Waals surface area contributed by atoms with Gasteiger partial charge in [0.15, 0.2) is 0 Å². The van der Waals surface area contributed by atoms with Crippen molar-refractivity contribution in [3.63, 3.8) is 0 Å². The molecule has 2 aliphatic rings. The van der Waals surface area contributed by atoms with Gasteiger partial charge in [0.2, 0.25) is 0 Å². The van der Waals surface area contributed by atoms with Crippen molar-refractivity contribution in [1.29, 1.82) is 0 Å². The molecule has 3 heteroatoms. The van der Waals surface area contributed by atoms with Crippen LogP contribution in [0.2, 0.25) is 0 Å². The van der Waals surface area contributed by atoms with Gasteiger partial charge < -0.3 is 10.1 Å². The smallest absolute Gasteiger partial charge is 0.0468 e. The van der Waals surface area contributed by atoms with E-state index in [1.165, 1.54) is 45.2 Å². The Morgan fingerprint density at radius 2 is 2.00 bits per heavy atom. The van der Waals surface area contributed by atoms with E-state index in [0.717, 1.165) is 32.2 Å². The summed E-state index contributed by atoms with van der Waals surface area (Å²) in [5.41, 5.74) is 0.344. The molecular weight excluding hydrogens is 224 g/mol. The van der Waals surface area contributed by atoms with Gasteiger partial charge in [0.05, 0.1) is 0 Å². The molecule has 0 aromatic rings. The van der Waals surface area contributed by atoms with Crippen LogP contribution in [-0.2, 0) is 4.74 Å². The first kappa shape index (κ1) is 14.3. The summed E-state index contributed by atoms with van der Waals surface area (Å²) in [5, 5.41) is 3.49. The maximum absolute atomic E-state index is 5.41. The van der Waals surface area contributed by atoms with Gasteiger partial charge in [-0.2, -0.15) is 0 Å². The third kappa shape index (κ3) is 4.22. The number of nitrogens with one attached hydrogen (secondary N) is 1. The summed E-state index contributed by atoms with van der Waals surface area (Å²) >= 11 is 0. The van der Waals surface area contributed by atoms with E-state index in [-0.39, 0.29) is 0 Å². The second kappa shape index (κ2) is 6.88. The van der Waals surface area contributed by atoms with Gasteiger partial charge in [0.25, 0.3) is 0 Å². The summed E-state index contributed by atoms with van der Waals surface area (Å²) in [6.07, 6.45) is 6.75. The summed E-state index contributed by atoms with van der Waals surface area (Å²) in [7, 11) is 0. The van der Waals surface area contributed by atoms with Crippen LogP contribution in [0.3, 0.4) is 0 Å². The lowest BCUT2D eigenvalue weighted by Gasteiger charge is -2.43. The molecule has 106 valence electrons. The third-order valence-electron chi connectivity index (χ3n) is 4.60. The second-order valence-electron chi connectivity index (χ2n) is 6.53. The fourth-order valence-electron chi connectivity index (χ4n) is 3.21. The third-order valence-corrected chi connectivity index (χ3v) is 4.60. The molecule has 0 aromatic carbocycles. The van der Waals surface area contributed by atoms with Gasteiger partial charge in [-0.3, -0.25) is 4.90 Å². The average molecular weight is 254 g/mol. The van der Waals surface area contributed by atoms with Crippen molar-refractivity contribution < 1.29 is 4.74 Å². The van der Waals surface area contributed by atoms with Crippen LogP contribution in [0.5, 0.6) is 0 Å². The lowest BCUT2D eigenvalue weighted by Crippen LogP contribution is -2.57. The van der Waals surface area contributed by atoms with Gasteiger partial charge in [0, 0.05) is 38.4 Å². The Bertz CT molecular complexity index is 237. The van der Waals surface area contributed by atoms with Crippen LogP contribution in [0.1, 0.15) is 46.0 Å². The first-order valence-electron chi connectivity index (χ1n) is 7.72. The molecule has 18 heavy (non-hydrogen) atoms. The summed E-state index contributed by atoms with van der Waals surface area (Å²) in [5.74, 6) is 0.940. The van der Waals surface area contributed by atoms with Crippen molar-refractivity contribution in [1.82, 2.24) is 10.2 Å². The number of hydrogen-bond donors (Lipinski definition) is 1. The lowest BCUT2D eigenvalue weighted by atomic mass is 9.93. The van der Waals surface area contributed by atoms with Crippen LogP contribution in [0.4, 0.5) is 0 Å². The minimum Gasteiger partial charge on any atom is -0.381 e. The molecule has 0 saturated carbocycles. The summed E-state index contributed by atoms with van der Waals surface area (Å²) in [4.78, 5) is 2.66. The van der Waals surface area contributed by atoms with Crippen molar-refractivity contribution in [2.45, 2.75) is 51.5 Å². The molecule has 0 spiro atoms. The Labute approximate surface area is 112 Å². The van der Waals surface area contributed by atoms with E-state index in [9.17, 15) is 0 Å². The van der Waals surface area contributed by atoms with Gasteiger partial charge in [-0.1, -0.05) is 12.8 Å². The molecule has 2 saturated heterocycles. The molecule has 2 rings (SSSR count). The van der Waals surface area contributed by atoms with Crippen molar-refractivity contribution in [3.05, 3.63) is 0 Å². The van der Waals surface area contributed by atoms with Crippen LogP contribution in [0.25, 0.3) is 0 Å².